The zero-order chi connectivity index (χ0) is 18.5. The molecule has 2 aromatic carbocycles. The third-order valence-corrected chi connectivity index (χ3v) is 4.13. The van der Waals surface area contributed by atoms with Crippen LogP contribution in [0.1, 0.15) is 28.4 Å². The molecule has 0 radical (unpaired) electrons. The van der Waals surface area contributed by atoms with Crippen molar-refractivity contribution in [2.45, 2.75) is 20.3 Å². The molecular formula is C21H20FN3O. The lowest BCUT2D eigenvalue weighted by Gasteiger charge is -2.13. The Balaban J connectivity index is 1.82. The summed E-state index contributed by atoms with van der Waals surface area (Å²) < 4.78 is 13.8. The zero-order valence-electron chi connectivity index (χ0n) is 14.7. The molecule has 0 bridgehead atoms. The summed E-state index contributed by atoms with van der Waals surface area (Å²) in [6, 6.07) is 13.9. The van der Waals surface area contributed by atoms with Crippen LogP contribution in [0.25, 0.3) is 0 Å². The molecule has 132 valence electrons. The van der Waals surface area contributed by atoms with E-state index in [1.807, 2.05) is 32.0 Å². The smallest absolute Gasteiger partial charge is 0.257 e. The highest BCUT2D eigenvalue weighted by molar-refractivity contribution is 6.05. The quantitative estimate of drug-likeness (QED) is 0.675. The van der Waals surface area contributed by atoms with Crippen LogP contribution < -0.4 is 10.6 Å². The van der Waals surface area contributed by atoms with Gasteiger partial charge in [0, 0.05) is 11.9 Å². The summed E-state index contributed by atoms with van der Waals surface area (Å²) in [4.78, 5) is 16.7. The first-order valence-corrected chi connectivity index (χ1v) is 8.45. The molecule has 0 unspecified atom stereocenters. The summed E-state index contributed by atoms with van der Waals surface area (Å²) >= 11 is 0. The van der Waals surface area contributed by atoms with Gasteiger partial charge in [0.05, 0.1) is 23.1 Å². The van der Waals surface area contributed by atoms with Crippen LogP contribution in [0.3, 0.4) is 0 Å². The second kappa shape index (κ2) is 7.78. The van der Waals surface area contributed by atoms with Gasteiger partial charge in [-0.1, -0.05) is 37.3 Å². The maximum Gasteiger partial charge on any atom is 0.257 e. The van der Waals surface area contributed by atoms with Crippen LogP contribution in [-0.4, -0.2) is 10.9 Å². The van der Waals surface area contributed by atoms with Gasteiger partial charge in [-0.3, -0.25) is 9.78 Å². The first-order chi connectivity index (χ1) is 12.6. The normalized spacial score (nSPS) is 10.4. The largest absolute Gasteiger partial charge is 0.352 e. The van der Waals surface area contributed by atoms with Crippen molar-refractivity contribution in [3.63, 3.8) is 0 Å². The van der Waals surface area contributed by atoms with Gasteiger partial charge in [-0.15, -0.1) is 0 Å². The SMILES string of the molecule is CCc1cccc(C)c1NC(=O)c1cncc(Nc2ccccc2F)c1. The van der Waals surface area contributed by atoms with Gasteiger partial charge in [0.1, 0.15) is 5.82 Å². The number of hydrogen-bond acceptors (Lipinski definition) is 3. The van der Waals surface area contributed by atoms with Gasteiger partial charge in [-0.25, -0.2) is 4.39 Å². The summed E-state index contributed by atoms with van der Waals surface area (Å²) in [6.45, 7) is 4.01. The van der Waals surface area contributed by atoms with Gasteiger partial charge >= 0.3 is 0 Å². The van der Waals surface area contributed by atoms with Crippen LogP contribution in [0.4, 0.5) is 21.5 Å². The van der Waals surface area contributed by atoms with Gasteiger partial charge in [-0.2, -0.15) is 0 Å². The van der Waals surface area contributed by atoms with E-state index in [4.69, 9.17) is 0 Å². The topological polar surface area (TPSA) is 54.0 Å². The molecule has 4 nitrogen and oxygen atoms in total. The van der Waals surface area contributed by atoms with Crippen molar-refractivity contribution in [3.05, 3.63) is 83.4 Å². The maximum absolute atomic E-state index is 13.8. The Bertz CT molecular complexity index is 940. The molecule has 0 fully saturated rings. The molecule has 1 amide bonds. The van der Waals surface area contributed by atoms with Gasteiger partial charge in [0.15, 0.2) is 0 Å². The van der Waals surface area contributed by atoms with Crippen molar-refractivity contribution in [2.24, 2.45) is 0 Å². The average Bonchev–Trinajstić information content (AvgIpc) is 2.65. The van der Waals surface area contributed by atoms with Gasteiger partial charge in [0.2, 0.25) is 0 Å². The highest BCUT2D eigenvalue weighted by Crippen LogP contribution is 2.23. The number of halogens is 1. The van der Waals surface area contributed by atoms with E-state index < -0.39 is 0 Å². The molecule has 3 rings (SSSR count). The number of nitrogens with one attached hydrogen (secondary N) is 2. The molecule has 5 heteroatoms. The zero-order valence-corrected chi connectivity index (χ0v) is 14.7. The monoisotopic (exact) mass is 349 g/mol. The first kappa shape index (κ1) is 17.6. The fourth-order valence-electron chi connectivity index (χ4n) is 2.74. The fourth-order valence-corrected chi connectivity index (χ4v) is 2.74. The Morgan fingerprint density at radius 3 is 2.69 bits per heavy atom. The lowest BCUT2D eigenvalue weighted by Crippen LogP contribution is -2.15. The van der Waals surface area contributed by atoms with Crippen LogP contribution in [0.15, 0.2) is 60.9 Å². The predicted octanol–water partition coefficient (Wildman–Crippen LogP) is 5.09. The van der Waals surface area contributed by atoms with E-state index in [0.29, 0.717) is 16.9 Å². The Morgan fingerprint density at radius 1 is 1.12 bits per heavy atom. The van der Waals surface area contributed by atoms with Crippen LogP contribution in [0, 0.1) is 12.7 Å². The van der Waals surface area contributed by atoms with E-state index in [1.165, 1.54) is 12.3 Å². The minimum Gasteiger partial charge on any atom is -0.352 e. The average molecular weight is 349 g/mol. The number of nitrogens with zero attached hydrogens (tertiary/aromatic N) is 1. The van der Waals surface area contributed by atoms with Crippen LogP contribution in [-0.2, 0) is 6.42 Å². The Morgan fingerprint density at radius 2 is 1.92 bits per heavy atom. The van der Waals surface area contributed by atoms with Crippen LogP contribution >= 0.6 is 0 Å². The van der Waals surface area contributed by atoms with Gasteiger partial charge in [0.25, 0.3) is 5.91 Å². The highest BCUT2D eigenvalue weighted by atomic mass is 19.1. The number of carbonyl (C=O) groups excluding carboxylic acids is 1. The Labute approximate surface area is 152 Å². The number of hydrogen-bond donors (Lipinski definition) is 2. The molecule has 1 heterocycles. The Hall–Kier alpha value is -3.21. The van der Waals surface area contributed by atoms with E-state index in [0.717, 1.165) is 23.2 Å². The van der Waals surface area contributed by atoms with E-state index in [-0.39, 0.29) is 11.7 Å². The minimum atomic E-state index is -0.366. The molecule has 0 atom stereocenters. The van der Waals surface area contributed by atoms with Gasteiger partial charge in [-0.05, 0) is 42.7 Å². The van der Waals surface area contributed by atoms with E-state index in [9.17, 15) is 9.18 Å². The van der Waals surface area contributed by atoms with Crippen molar-refractivity contribution in [1.29, 1.82) is 0 Å². The molecule has 26 heavy (non-hydrogen) atoms. The molecule has 0 aliphatic rings. The van der Waals surface area contributed by atoms with E-state index >= 15 is 0 Å². The first-order valence-electron chi connectivity index (χ1n) is 8.45. The molecule has 0 saturated heterocycles. The number of aromatic nitrogens is 1. The van der Waals surface area contributed by atoms with Crippen LogP contribution in [0.5, 0.6) is 0 Å². The molecular weight excluding hydrogens is 329 g/mol. The van der Waals surface area contributed by atoms with Crippen molar-refractivity contribution < 1.29 is 9.18 Å². The lowest BCUT2D eigenvalue weighted by atomic mass is 10.1. The molecule has 0 aliphatic carbocycles. The van der Waals surface area contributed by atoms with Crippen molar-refractivity contribution >= 4 is 23.0 Å². The number of aryl methyl sites for hydroxylation is 2. The lowest BCUT2D eigenvalue weighted by molar-refractivity contribution is 0.102. The number of pyridine rings is 1. The number of para-hydroxylation sites is 2. The molecule has 2 N–H and O–H groups in total. The van der Waals surface area contributed by atoms with Crippen LogP contribution in [0.2, 0.25) is 0 Å². The summed E-state index contributed by atoms with van der Waals surface area (Å²) in [5, 5.41) is 5.92. The van der Waals surface area contributed by atoms with Crippen molar-refractivity contribution in [2.75, 3.05) is 10.6 Å². The predicted molar refractivity (Wildman–Crippen MR) is 102 cm³/mol. The second-order valence-corrected chi connectivity index (χ2v) is 5.98. The van der Waals surface area contributed by atoms with E-state index in [2.05, 4.69) is 15.6 Å². The van der Waals surface area contributed by atoms with Crippen molar-refractivity contribution in [1.82, 2.24) is 4.98 Å². The van der Waals surface area contributed by atoms with Crippen molar-refractivity contribution in [3.8, 4) is 0 Å². The minimum absolute atomic E-state index is 0.251. The third kappa shape index (κ3) is 3.88. The van der Waals surface area contributed by atoms with E-state index in [1.54, 1.807) is 30.5 Å². The molecule has 0 spiro atoms. The number of anilines is 3. The number of benzene rings is 2. The summed E-state index contributed by atoms with van der Waals surface area (Å²) in [5.41, 5.74) is 4.18. The summed E-state index contributed by atoms with van der Waals surface area (Å²) in [6.07, 6.45) is 3.87. The standard InChI is InChI=1S/C21H20FN3O/c1-3-15-8-6-7-14(2)20(15)25-21(26)16-11-17(13-23-12-16)24-19-10-5-4-9-18(19)22/h4-13,24H,3H2,1-2H3,(H,25,26). The number of amides is 1. The Kier molecular flexibility index (Phi) is 5.27. The third-order valence-electron chi connectivity index (χ3n) is 4.13. The maximum atomic E-state index is 13.8. The molecule has 1 aromatic heterocycles. The molecule has 0 saturated carbocycles. The second-order valence-electron chi connectivity index (χ2n) is 5.98. The highest BCUT2D eigenvalue weighted by Gasteiger charge is 2.12. The number of rotatable bonds is 5. The molecule has 3 aromatic rings. The fraction of sp³-hybridized carbons (Fsp3) is 0.143. The number of carbonyl (C=O) groups is 1. The summed E-state index contributed by atoms with van der Waals surface area (Å²) in [7, 11) is 0. The molecule has 0 aliphatic heterocycles. The summed E-state index contributed by atoms with van der Waals surface area (Å²) in [5.74, 6) is -0.617. The van der Waals surface area contributed by atoms with Gasteiger partial charge < -0.3 is 10.6 Å².